The lowest BCUT2D eigenvalue weighted by molar-refractivity contribution is -0.140. The molecule has 0 saturated carbocycles. The van der Waals surface area contributed by atoms with E-state index < -0.39 is 6.03 Å². The van der Waals surface area contributed by atoms with Crippen LogP contribution in [0.25, 0.3) is 10.8 Å². The minimum Gasteiger partial charge on any atom is -0.364 e. The van der Waals surface area contributed by atoms with Crippen LogP contribution >= 0.6 is 0 Å². The second-order valence-corrected chi connectivity index (χ2v) is 7.13. The summed E-state index contributed by atoms with van der Waals surface area (Å²) in [5.74, 6) is 0.131. The van der Waals surface area contributed by atoms with Crippen molar-refractivity contribution in [3.8, 4) is 0 Å². The van der Waals surface area contributed by atoms with Crippen molar-refractivity contribution in [2.75, 3.05) is 26.2 Å². The number of nitrogens with zero attached hydrogens (tertiary/aromatic N) is 2. The lowest BCUT2D eigenvalue weighted by Crippen LogP contribution is -2.55. The maximum atomic E-state index is 13.0. The minimum absolute atomic E-state index is 0.131. The van der Waals surface area contributed by atoms with E-state index in [1.54, 1.807) is 6.20 Å². The van der Waals surface area contributed by atoms with Crippen molar-refractivity contribution >= 4 is 22.7 Å². The van der Waals surface area contributed by atoms with Crippen molar-refractivity contribution in [3.05, 3.63) is 60.8 Å². The van der Waals surface area contributed by atoms with Crippen LogP contribution < -0.4 is 11.1 Å². The molecule has 3 amide bonds. The summed E-state index contributed by atoms with van der Waals surface area (Å²) in [5, 5.41) is 5.03. The average molecular weight is 380 g/mol. The van der Waals surface area contributed by atoms with Gasteiger partial charge in [-0.3, -0.25) is 4.79 Å². The summed E-state index contributed by atoms with van der Waals surface area (Å²) in [5.41, 5.74) is 6.33. The van der Waals surface area contributed by atoms with Gasteiger partial charge in [0, 0.05) is 26.2 Å². The molecule has 2 aromatic rings. The number of primary amides is 1. The first-order valence-corrected chi connectivity index (χ1v) is 9.76. The molecule has 6 nitrogen and oxygen atoms in total. The number of hydrogen-bond donors (Lipinski definition) is 2. The number of benzene rings is 2. The summed E-state index contributed by atoms with van der Waals surface area (Å²) in [6.45, 7) is 6.50. The number of piperazine rings is 1. The molecule has 1 atom stereocenters. The molecule has 1 aliphatic heterocycles. The number of amides is 3. The second kappa shape index (κ2) is 9.26. The molecule has 0 radical (unpaired) electrons. The molecule has 6 heteroatoms. The summed E-state index contributed by atoms with van der Waals surface area (Å²) in [4.78, 5) is 27.7. The van der Waals surface area contributed by atoms with Gasteiger partial charge in [0.2, 0.25) is 5.91 Å². The highest BCUT2D eigenvalue weighted by Gasteiger charge is 2.32. The minimum atomic E-state index is -0.535. The molecule has 0 bridgehead atoms. The molecule has 0 spiro atoms. The molecule has 148 valence electrons. The van der Waals surface area contributed by atoms with Crippen LogP contribution in [0, 0.1) is 0 Å². The Labute approximate surface area is 166 Å². The SMILES string of the molecule is C=CN1CCN(CCc2ccc3ccccc3c2)C(=O)[C@@H]1CCCNC(N)=O. The third-order valence-corrected chi connectivity index (χ3v) is 5.30. The standard InChI is InChI=1S/C22H28N4O2/c1-2-25-14-15-26(21(27)20(25)8-5-12-24-22(23)28)13-11-17-9-10-18-6-3-4-7-19(18)16-17/h2-4,6-7,9-10,16,20H,1,5,8,11-15H2,(H3,23,24,28)/t20-/m0/s1. The van der Waals surface area contributed by atoms with Gasteiger partial charge in [0.15, 0.2) is 0 Å². The smallest absolute Gasteiger partial charge is 0.312 e. The molecule has 1 saturated heterocycles. The Kier molecular flexibility index (Phi) is 6.53. The Bertz CT molecular complexity index is 851. The largest absolute Gasteiger partial charge is 0.364 e. The van der Waals surface area contributed by atoms with Crippen molar-refractivity contribution < 1.29 is 9.59 Å². The van der Waals surface area contributed by atoms with E-state index in [0.717, 1.165) is 13.0 Å². The fourth-order valence-corrected chi connectivity index (χ4v) is 3.75. The quantitative estimate of drug-likeness (QED) is 0.691. The fraction of sp³-hybridized carbons (Fsp3) is 0.364. The van der Waals surface area contributed by atoms with Gasteiger partial charge < -0.3 is 20.9 Å². The van der Waals surface area contributed by atoms with E-state index in [9.17, 15) is 9.59 Å². The van der Waals surface area contributed by atoms with Crippen LogP contribution in [-0.4, -0.2) is 54.0 Å². The zero-order valence-corrected chi connectivity index (χ0v) is 16.1. The molecule has 0 aliphatic carbocycles. The maximum Gasteiger partial charge on any atom is 0.312 e. The number of fused-ring (bicyclic) bond motifs is 1. The van der Waals surface area contributed by atoms with E-state index in [1.807, 2.05) is 21.9 Å². The maximum absolute atomic E-state index is 13.0. The van der Waals surface area contributed by atoms with Crippen molar-refractivity contribution in [1.29, 1.82) is 0 Å². The molecule has 0 aromatic heterocycles. The Hall–Kier alpha value is -3.02. The van der Waals surface area contributed by atoms with Crippen LogP contribution in [0.4, 0.5) is 4.79 Å². The number of nitrogens with two attached hydrogens (primary N) is 1. The molecule has 3 rings (SSSR count). The van der Waals surface area contributed by atoms with Crippen molar-refractivity contribution in [1.82, 2.24) is 15.1 Å². The van der Waals surface area contributed by atoms with E-state index in [2.05, 4.69) is 42.2 Å². The van der Waals surface area contributed by atoms with Gasteiger partial charge in [0.1, 0.15) is 6.04 Å². The number of nitrogens with one attached hydrogen (secondary N) is 1. The van der Waals surface area contributed by atoms with Crippen LogP contribution in [0.1, 0.15) is 18.4 Å². The Morgan fingerprint density at radius 3 is 2.75 bits per heavy atom. The summed E-state index contributed by atoms with van der Waals surface area (Å²) < 4.78 is 0. The third kappa shape index (κ3) is 4.82. The van der Waals surface area contributed by atoms with Gasteiger partial charge >= 0.3 is 6.03 Å². The number of hydrogen-bond acceptors (Lipinski definition) is 3. The van der Waals surface area contributed by atoms with E-state index >= 15 is 0 Å². The summed E-state index contributed by atoms with van der Waals surface area (Å²) in [6, 6.07) is 14.0. The molecule has 28 heavy (non-hydrogen) atoms. The number of carbonyl (C=O) groups excluding carboxylic acids is 2. The number of urea groups is 1. The third-order valence-electron chi connectivity index (χ3n) is 5.30. The first-order valence-electron chi connectivity index (χ1n) is 9.76. The predicted octanol–water partition coefficient (Wildman–Crippen LogP) is 2.49. The summed E-state index contributed by atoms with van der Waals surface area (Å²) >= 11 is 0. The highest BCUT2D eigenvalue weighted by Crippen LogP contribution is 2.19. The van der Waals surface area contributed by atoms with Gasteiger partial charge in [-0.15, -0.1) is 0 Å². The Morgan fingerprint density at radius 1 is 1.21 bits per heavy atom. The van der Waals surface area contributed by atoms with E-state index in [4.69, 9.17) is 5.73 Å². The molecule has 3 N–H and O–H groups in total. The molecule has 1 fully saturated rings. The van der Waals surface area contributed by atoms with Gasteiger partial charge in [-0.25, -0.2) is 4.79 Å². The van der Waals surface area contributed by atoms with Gasteiger partial charge in [-0.05, 0) is 41.8 Å². The fourth-order valence-electron chi connectivity index (χ4n) is 3.75. The second-order valence-electron chi connectivity index (χ2n) is 7.13. The summed E-state index contributed by atoms with van der Waals surface area (Å²) in [6.07, 6.45) is 3.94. The zero-order chi connectivity index (χ0) is 19.9. The Balaban J connectivity index is 1.58. The molecule has 2 aromatic carbocycles. The molecule has 1 heterocycles. The highest BCUT2D eigenvalue weighted by molar-refractivity contribution is 5.84. The van der Waals surface area contributed by atoms with Gasteiger partial charge in [-0.1, -0.05) is 49.0 Å². The van der Waals surface area contributed by atoms with E-state index in [0.29, 0.717) is 32.5 Å². The normalized spacial score (nSPS) is 17.0. The summed E-state index contributed by atoms with van der Waals surface area (Å²) in [7, 11) is 0. The first-order chi connectivity index (χ1) is 13.6. The monoisotopic (exact) mass is 380 g/mol. The topological polar surface area (TPSA) is 78.7 Å². The van der Waals surface area contributed by atoms with Crippen LogP contribution in [0.5, 0.6) is 0 Å². The number of carbonyl (C=O) groups is 2. The lowest BCUT2D eigenvalue weighted by atomic mass is 10.0. The van der Waals surface area contributed by atoms with Crippen LogP contribution in [0.2, 0.25) is 0 Å². The van der Waals surface area contributed by atoms with Crippen LogP contribution in [0.15, 0.2) is 55.2 Å². The van der Waals surface area contributed by atoms with Crippen LogP contribution in [-0.2, 0) is 11.2 Å². The average Bonchev–Trinajstić information content (AvgIpc) is 2.70. The predicted molar refractivity (Wildman–Crippen MR) is 112 cm³/mol. The van der Waals surface area contributed by atoms with Gasteiger partial charge in [0.25, 0.3) is 0 Å². The van der Waals surface area contributed by atoms with Crippen molar-refractivity contribution in [3.63, 3.8) is 0 Å². The molecular weight excluding hydrogens is 352 g/mol. The van der Waals surface area contributed by atoms with Crippen LogP contribution in [0.3, 0.4) is 0 Å². The zero-order valence-electron chi connectivity index (χ0n) is 16.1. The molecule has 1 aliphatic rings. The molecule has 0 unspecified atom stereocenters. The van der Waals surface area contributed by atoms with E-state index in [1.165, 1.54) is 16.3 Å². The van der Waals surface area contributed by atoms with Crippen molar-refractivity contribution in [2.45, 2.75) is 25.3 Å². The Morgan fingerprint density at radius 2 is 2.00 bits per heavy atom. The molecular formula is C22H28N4O2. The highest BCUT2D eigenvalue weighted by atomic mass is 16.2. The first kappa shape index (κ1) is 19.7. The van der Waals surface area contributed by atoms with Crippen molar-refractivity contribution in [2.24, 2.45) is 5.73 Å². The number of rotatable bonds is 8. The van der Waals surface area contributed by atoms with E-state index in [-0.39, 0.29) is 11.9 Å². The van der Waals surface area contributed by atoms with Gasteiger partial charge in [0.05, 0.1) is 0 Å². The lowest BCUT2D eigenvalue weighted by Gasteiger charge is -2.40. The van der Waals surface area contributed by atoms with Gasteiger partial charge in [-0.2, -0.15) is 0 Å².